The quantitative estimate of drug-likeness (QED) is 0.340. The van der Waals surface area contributed by atoms with Crippen LogP contribution in [-0.4, -0.2) is 20.2 Å². The lowest BCUT2D eigenvalue weighted by molar-refractivity contribution is -0.122. The fourth-order valence-electron chi connectivity index (χ4n) is 7.83. The monoisotopic (exact) mass is 430 g/mol. The third kappa shape index (κ3) is 3.24. The Morgan fingerprint density at radius 3 is 2.47 bits per heavy atom. The van der Waals surface area contributed by atoms with Gasteiger partial charge in [-0.15, -0.1) is 0 Å². The molecule has 0 radical (unpaired) electrons. The van der Waals surface area contributed by atoms with Crippen LogP contribution >= 0.6 is 0 Å². The molecule has 0 heterocycles. The molecular weight excluding hydrogens is 384 g/mol. The second-order valence-corrected chi connectivity index (χ2v) is 17.6. The van der Waals surface area contributed by atoms with E-state index >= 15 is 0 Å². The Morgan fingerprint density at radius 2 is 1.80 bits per heavy atom. The largest absolute Gasteiger partial charge is 0.413 e. The van der Waals surface area contributed by atoms with E-state index in [0.29, 0.717) is 23.2 Å². The molecule has 2 nitrogen and oxygen atoms in total. The van der Waals surface area contributed by atoms with Crippen LogP contribution in [0.15, 0.2) is 11.6 Å². The summed E-state index contributed by atoms with van der Waals surface area (Å²) >= 11 is 0. The van der Waals surface area contributed by atoms with Gasteiger partial charge in [0.25, 0.3) is 0 Å². The Morgan fingerprint density at radius 1 is 1.10 bits per heavy atom. The summed E-state index contributed by atoms with van der Waals surface area (Å²) in [6, 6.07) is 0. The Bertz CT molecular complexity index is 735. The van der Waals surface area contributed by atoms with Crippen LogP contribution in [0.25, 0.3) is 0 Å². The molecule has 0 N–H and O–H groups in total. The fraction of sp³-hybridized carbons (Fsp3) is 0.889. The summed E-state index contributed by atoms with van der Waals surface area (Å²) in [6.07, 6.45) is 12.0. The number of Topliss-reactive ketones (excluding diaryl/α,β-unsaturated/α-hetero) is 1. The molecule has 170 valence electrons. The Labute approximate surface area is 186 Å². The standard InChI is InChI=1S/C27H46O2Si/c1-18(2)25(3,4)30(7,8)29-24-12-11-22-21-10-9-19-17-20(28)13-15-26(19,5)23(21)14-16-27(22,24)6/h9,18,21-24H,10-17H2,1-8H3/t21-,22-,23+,24?,26-,27-/m0/s1. The average Bonchev–Trinajstić information content (AvgIpc) is 2.98. The molecule has 0 aromatic carbocycles. The molecule has 3 fully saturated rings. The summed E-state index contributed by atoms with van der Waals surface area (Å²) in [7, 11) is -1.83. The number of fused-ring (bicyclic) bond motifs is 5. The van der Waals surface area contributed by atoms with Gasteiger partial charge >= 0.3 is 0 Å². The van der Waals surface area contributed by atoms with Crippen LogP contribution in [0.5, 0.6) is 0 Å². The average molecular weight is 431 g/mol. The van der Waals surface area contributed by atoms with Gasteiger partial charge in [-0.2, -0.15) is 0 Å². The van der Waals surface area contributed by atoms with Gasteiger partial charge in [0.2, 0.25) is 0 Å². The number of ketones is 1. The Kier molecular flexibility index (Phi) is 5.54. The molecule has 0 bridgehead atoms. The lowest BCUT2D eigenvalue weighted by Gasteiger charge is -2.58. The van der Waals surface area contributed by atoms with Crippen molar-refractivity contribution in [2.75, 3.05) is 0 Å². The van der Waals surface area contributed by atoms with Gasteiger partial charge in [0, 0.05) is 12.8 Å². The lowest BCUT2D eigenvalue weighted by atomic mass is 9.48. The van der Waals surface area contributed by atoms with Gasteiger partial charge in [-0.05, 0) is 91.2 Å². The minimum Gasteiger partial charge on any atom is -0.413 e. The van der Waals surface area contributed by atoms with Gasteiger partial charge in [-0.3, -0.25) is 4.79 Å². The zero-order valence-corrected chi connectivity index (χ0v) is 21.9. The van der Waals surface area contributed by atoms with Crippen molar-refractivity contribution in [1.82, 2.24) is 0 Å². The first-order chi connectivity index (χ1) is 13.8. The van der Waals surface area contributed by atoms with E-state index in [2.05, 4.69) is 60.7 Å². The number of hydrogen-bond donors (Lipinski definition) is 0. The van der Waals surface area contributed by atoms with Crippen LogP contribution in [0.3, 0.4) is 0 Å². The molecule has 1 unspecified atom stereocenters. The van der Waals surface area contributed by atoms with Crippen LogP contribution in [0.1, 0.15) is 92.9 Å². The van der Waals surface area contributed by atoms with Gasteiger partial charge in [0.15, 0.2) is 8.32 Å². The van der Waals surface area contributed by atoms with Crippen molar-refractivity contribution in [2.24, 2.45) is 34.5 Å². The number of carbonyl (C=O) groups is 1. The molecule has 4 aliphatic carbocycles. The summed E-state index contributed by atoms with van der Waals surface area (Å²) in [6.45, 7) is 19.6. The third-order valence-corrected chi connectivity index (χ3v) is 15.8. The Hall–Kier alpha value is -0.413. The maximum atomic E-state index is 12.1. The van der Waals surface area contributed by atoms with Crippen molar-refractivity contribution in [3.63, 3.8) is 0 Å². The molecule has 0 aromatic rings. The topological polar surface area (TPSA) is 26.3 Å². The fourth-order valence-corrected chi connectivity index (χ4v) is 10.6. The van der Waals surface area contributed by atoms with Gasteiger partial charge in [-0.1, -0.05) is 53.2 Å². The van der Waals surface area contributed by atoms with E-state index in [9.17, 15) is 4.79 Å². The van der Waals surface area contributed by atoms with E-state index in [0.717, 1.165) is 37.0 Å². The normalized spacial score (nSPS) is 41.9. The van der Waals surface area contributed by atoms with E-state index in [4.69, 9.17) is 4.43 Å². The molecule has 0 spiro atoms. The highest BCUT2D eigenvalue weighted by molar-refractivity contribution is 6.74. The maximum absolute atomic E-state index is 12.1. The summed E-state index contributed by atoms with van der Waals surface area (Å²) in [5, 5.41) is 0.281. The molecule has 4 rings (SSSR count). The Balaban J connectivity index is 1.57. The van der Waals surface area contributed by atoms with E-state index in [1.165, 1.54) is 37.7 Å². The molecule has 0 amide bonds. The van der Waals surface area contributed by atoms with E-state index in [1.807, 2.05) is 0 Å². The van der Waals surface area contributed by atoms with Gasteiger partial charge < -0.3 is 4.43 Å². The van der Waals surface area contributed by atoms with Crippen molar-refractivity contribution >= 4 is 14.1 Å². The van der Waals surface area contributed by atoms with Crippen LogP contribution in [0, 0.1) is 34.5 Å². The molecule has 0 saturated heterocycles. The van der Waals surface area contributed by atoms with Crippen LogP contribution < -0.4 is 0 Å². The molecule has 0 aliphatic heterocycles. The van der Waals surface area contributed by atoms with E-state index < -0.39 is 8.32 Å². The van der Waals surface area contributed by atoms with Gasteiger partial charge in [-0.25, -0.2) is 0 Å². The van der Waals surface area contributed by atoms with Crippen molar-refractivity contribution < 1.29 is 9.22 Å². The SMILES string of the molecule is CC(C)C(C)(C)[Si](C)(C)OC1CC[C@H]2[C@@H]3CC=C4CC(=O)CC[C@]4(C)[C@@H]3CC[C@]12C. The maximum Gasteiger partial charge on any atom is 0.192 e. The van der Waals surface area contributed by atoms with E-state index in [-0.39, 0.29) is 10.5 Å². The highest BCUT2D eigenvalue weighted by Crippen LogP contribution is 2.65. The van der Waals surface area contributed by atoms with Crippen molar-refractivity contribution in [2.45, 2.75) is 117 Å². The minimum atomic E-state index is -1.83. The molecule has 3 heteroatoms. The van der Waals surface area contributed by atoms with Crippen molar-refractivity contribution in [1.29, 1.82) is 0 Å². The zero-order valence-electron chi connectivity index (χ0n) is 20.9. The zero-order chi connectivity index (χ0) is 22.1. The predicted octanol–water partition coefficient (Wildman–Crippen LogP) is 7.54. The number of rotatable bonds is 4. The predicted molar refractivity (Wildman–Crippen MR) is 128 cm³/mol. The first-order valence-corrected chi connectivity index (χ1v) is 15.6. The molecular formula is C27H46O2Si. The smallest absolute Gasteiger partial charge is 0.192 e. The summed E-state index contributed by atoms with van der Waals surface area (Å²) in [4.78, 5) is 12.1. The highest BCUT2D eigenvalue weighted by atomic mass is 28.4. The summed E-state index contributed by atoms with van der Waals surface area (Å²) in [5.74, 6) is 3.48. The highest BCUT2D eigenvalue weighted by Gasteiger charge is 2.60. The number of hydrogen-bond acceptors (Lipinski definition) is 2. The van der Waals surface area contributed by atoms with E-state index in [1.54, 1.807) is 0 Å². The van der Waals surface area contributed by atoms with Gasteiger partial charge in [0.1, 0.15) is 5.78 Å². The molecule has 0 aromatic heterocycles. The number of carbonyl (C=O) groups excluding carboxylic acids is 1. The van der Waals surface area contributed by atoms with Crippen LogP contribution in [-0.2, 0) is 9.22 Å². The molecule has 30 heavy (non-hydrogen) atoms. The lowest BCUT2D eigenvalue weighted by Crippen LogP contribution is -2.54. The van der Waals surface area contributed by atoms with Crippen LogP contribution in [0.4, 0.5) is 0 Å². The third-order valence-electron chi connectivity index (χ3n) is 11.3. The second kappa shape index (κ2) is 7.30. The van der Waals surface area contributed by atoms with Crippen molar-refractivity contribution in [3.8, 4) is 0 Å². The minimum absolute atomic E-state index is 0.281. The first kappa shape index (κ1) is 22.8. The second-order valence-electron chi connectivity index (χ2n) is 13.1. The molecule has 4 aliphatic rings. The van der Waals surface area contributed by atoms with Crippen LogP contribution in [0.2, 0.25) is 18.1 Å². The van der Waals surface area contributed by atoms with Gasteiger partial charge in [0.05, 0.1) is 6.10 Å². The number of allylic oxidation sites excluding steroid dienone is 2. The molecule has 3 saturated carbocycles. The van der Waals surface area contributed by atoms with Crippen molar-refractivity contribution in [3.05, 3.63) is 11.6 Å². The summed E-state index contributed by atoms with van der Waals surface area (Å²) < 4.78 is 7.20. The molecule has 6 atom stereocenters. The summed E-state index contributed by atoms with van der Waals surface area (Å²) in [5.41, 5.74) is 2.11. The first-order valence-electron chi connectivity index (χ1n) is 12.7.